The summed E-state index contributed by atoms with van der Waals surface area (Å²) in [7, 11) is 0. The maximum atomic E-state index is 12.4. The minimum absolute atomic E-state index is 0.0491. The lowest BCUT2D eigenvalue weighted by molar-refractivity contribution is 0.116. The predicted molar refractivity (Wildman–Crippen MR) is 80.5 cm³/mol. The van der Waals surface area contributed by atoms with Crippen LogP contribution in [0.15, 0.2) is 35.0 Å². The highest BCUT2D eigenvalue weighted by Gasteiger charge is 2.17. The molecule has 3 rings (SSSR count). The summed E-state index contributed by atoms with van der Waals surface area (Å²) in [4.78, 5) is 8.23. The van der Waals surface area contributed by atoms with Crippen molar-refractivity contribution in [2.24, 2.45) is 0 Å². The van der Waals surface area contributed by atoms with Gasteiger partial charge >= 0.3 is 6.43 Å². The van der Waals surface area contributed by atoms with Crippen LogP contribution in [-0.2, 0) is 6.61 Å². The van der Waals surface area contributed by atoms with Gasteiger partial charge in [0.25, 0.3) is 11.8 Å². The molecular formula is C16H14F2N4O2. The van der Waals surface area contributed by atoms with Gasteiger partial charge in [-0.15, -0.1) is 10.2 Å². The van der Waals surface area contributed by atoms with E-state index >= 15 is 0 Å². The number of rotatable bonds is 5. The predicted octanol–water partition coefficient (Wildman–Crippen LogP) is 3.66. The van der Waals surface area contributed by atoms with E-state index < -0.39 is 12.3 Å². The Morgan fingerprint density at radius 2 is 1.83 bits per heavy atom. The SMILES string of the molecule is Cc1ccc(OCc2ncc(-c3nnc(C(F)F)o3)cn2)cc1C. The summed E-state index contributed by atoms with van der Waals surface area (Å²) in [5.74, 6) is 0.397. The summed E-state index contributed by atoms with van der Waals surface area (Å²) in [6, 6.07) is 5.79. The van der Waals surface area contributed by atoms with E-state index in [0.717, 1.165) is 11.3 Å². The quantitative estimate of drug-likeness (QED) is 0.710. The van der Waals surface area contributed by atoms with Crippen LogP contribution in [0, 0.1) is 13.8 Å². The summed E-state index contributed by atoms with van der Waals surface area (Å²) >= 11 is 0. The Bertz CT molecular complexity index is 834. The summed E-state index contributed by atoms with van der Waals surface area (Å²) in [5, 5.41) is 6.80. The third-order valence-corrected chi connectivity index (χ3v) is 3.43. The van der Waals surface area contributed by atoms with Crippen molar-refractivity contribution in [2.45, 2.75) is 26.9 Å². The molecule has 0 aliphatic carbocycles. The summed E-state index contributed by atoms with van der Waals surface area (Å²) < 4.78 is 35.3. The van der Waals surface area contributed by atoms with Gasteiger partial charge in [-0.25, -0.2) is 9.97 Å². The molecule has 1 aromatic carbocycles. The van der Waals surface area contributed by atoms with Gasteiger partial charge in [0.05, 0.1) is 5.56 Å². The number of nitrogens with zero attached hydrogens (tertiary/aromatic N) is 4. The van der Waals surface area contributed by atoms with Crippen LogP contribution in [0.25, 0.3) is 11.5 Å². The van der Waals surface area contributed by atoms with Crippen molar-refractivity contribution in [3.63, 3.8) is 0 Å². The second-order valence-electron chi connectivity index (χ2n) is 5.17. The molecule has 0 radical (unpaired) electrons. The van der Waals surface area contributed by atoms with Crippen molar-refractivity contribution in [3.8, 4) is 17.2 Å². The first kappa shape index (κ1) is 16.0. The van der Waals surface area contributed by atoms with Gasteiger partial charge in [0.15, 0.2) is 5.82 Å². The number of alkyl halides is 2. The first-order chi connectivity index (χ1) is 11.5. The highest BCUT2D eigenvalue weighted by Crippen LogP contribution is 2.22. The van der Waals surface area contributed by atoms with Crippen LogP contribution < -0.4 is 4.74 Å². The van der Waals surface area contributed by atoms with Gasteiger partial charge in [-0.3, -0.25) is 0 Å². The van der Waals surface area contributed by atoms with E-state index in [0.29, 0.717) is 11.4 Å². The molecule has 0 aliphatic rings. The molecular weight excluding hydrogens is 318 g/mol. The van der Waals surface area contributed by atoms with Gasteiger partial charge in [0.1, 0.15) is 12.4 Å². The molecule has 0 bridgehead atoms. The van der Waals surface area contributed by atoms with Crippen molar-refractivity contribution >= 4 is 0 Å². The zero-order valence-corrected chi connectivity index (χ0v) is 13.0. The van der Waals surface area contributed by atoms with Crippen molar-refractivity contribution in [3.05, 3.63) is 53.4 Å². The molecule has 0 saturated carbocycles. The molecule has 24 heavy (non-hydrogen) atoms. The van der Waals surface area contributed by atoms with E-state index in [1.165, 1.54) is 18.0 Å². The number of benzene rings is 1. The first-order valence-corrected chi connectivity index (χ1v) is 7.16. The third kappa shape index (κ3) is 3.53. The summed E-state index contributed by atoms with van der Waals surface area (Å²) in [6.45, 7) is 4.22. The van der Waals surface area contributed by atoms with Crippen LogP contribution in [0.3, 0.4) is 0 Å². The zero-order valence-electron chi connectivity index (χ0n) is 13.0. The van der Waals surface area contributed by atoms with E-state index in [-0.39, 0.29) is 12.5 Å². The Morgan fingerprint density at radius 1 is 1.08 bits per heavy atom. The average Bonchev–Trinajstić information content (AvgIpc) is 3.07. The number of hydrogen-bond donors (Lipinski definition) is 0. The molecule has 2 heterocycles. The fourth-order valence-corrected chi connectivity index (χ4v) is 1.93. The molecule has 3 aromatic rings. The second-order valence-corrected chi connectivity index (χ2v) is 5.17. The van der Waals surface area contributed by atoms with Crippen molar-refractivity contribution in [1.82, 2.24) is 20.2 Å². The van der Waals surface area contributed by atoms with Crippen LogP contribution in [0.4, 0.5) is 8.78 Å². The highest BCUT2D eigenvalue weighted by atomic mass is 19.3. The molecule has 0 amide bonds. The first-order valence-electron chi connectivity index (χ1n) is 7.16. The van der Waals surface area contributed by atoms with Crippen LogP contribution in [0.5, 0.6) is 5.75 Å². The smallest absolute Gasteiger partial charge is 0.314 e. The molecule has 0 N–H and O–H groups in total. The van der Waals surface area contributed by atoms with E-state index in [2.05, 4.69) is 20.2 Å². The zero-order chi connectivity index (χ0) is 17.1. The Kier molecular flexibility index (Phi) is 4.45. The molecule has 6 nitrogen and oxygen atoms in total. The number of halogens is 2. The van der Waals surface area contributed by atoms with E-state index in [9.17, 15) is 8.78 Å². The molecule has 0 fully saturated rings. The monoisotopic (exact) mass is 332 g/mol. The number of aromatic nitrogens is 4. The molecule has 0 aliphatic heterocycles. The lowest BCUT2D eigenvalue weighted by Gasteiger charge is -2.07. The topological polar surface area (TPSA) is 73.9 Å². The van der Waals surface area contributed by atoms with Gasteiger partial charge in [0, 0.05) is 12.4 Å². The molecule has 2 aromatic heterocycles. The van der Waals surface area contributed by atoms with E-state index in [1.54, 1.807) is 0 Å². The van der Waals surface area contributed by atoms with Gasteiger partial charge in [0.2, 0.25) is 0 Å². The molecule has 0 atom stereocenters. The van der Waals surface area contributed by atoms with Crippen LogP contribution in [0.1, 0.15) is 29.3 Å². The molecule has 0 saturated heterocycles. The molecule has 0 unspecified atom stereocenters. The number of ether oxygens (including phenoxy) is 1. The van der Waals surface area contributed by atoms with Crippen LogP contribution in [0.2, 0.25) is 0 Å². The number of hydrogen-bond acceptors (Lipinski definition) is 6. The Balaban J connectivity index is 1.66. The standard InChI is InChI=1S/C16H14F2N4O2/c1-9-3-4-12(5-10(9)2)23-8-13-19-6-11(7-20-13)15-21-22-16(24-15)14(17)18/h3-7,14H,8H2,1-2H3. The maximum absolute atomic E-state index is 12.4. The largest absolute Gasteiger partial charge is 0.486 e. The lowest BCUT2D eigenvalue weighted by Crippen LogP contribution is -2.01. The van der Waals surface area contributed by atoms with Crippen LogP contribution >= 0.6 is 0 Å². The highest BCUT2D eigenvalue weighted by molar-refractivity contribution is 5.48. The Labute approximate surface area is 136 Å². The molecule has 0 spiro atoms. The Hall–Kier alpha value is -2.90. The maximum Gasteiger partial charge on any atom is 0.314 e. The molecule has 124 valence electrons. The fourth-order valence-electron chi connectivity index (χ4n) is 1.93. The summed E-state index contributed by atoms with van der Waals surface area (Å²) in [5.41, 5.74) is 2.69. The minimum Gasteiger partial charge on any atom is -0.486 e. The normalized spacial score (nSPS) is 11.0. The number of aryl methyl sites for hydroxylation is 2. The van der Waals surface area contributed by atoms with Gasteiger partial charge in [-0.05, 0) is 37.1 Å². The van der Waals surface area contributed by atoms with Crippen molar-refractivity contribution in [1.29, 1.82) is 0 Å². The van der Waals surface area contributed by atoms with Crippen LogP contribution in [-0.4, -0.2) is 20.2 Å². The van der Waals surface area contributed by atoms with Gasteiger partial charge in [-0.2, -0.15) is 8.78 Å². The molecule has 8 heteroatoms. The fraction of sp³-hybridized carbons (Fsp3) is 0.250. The van der Waals surface area contributed by atoms with E-state index in [1.807, 2.05) is 32.0 Å². The summed E-state index contributed by atoms with van der Waals surface area (Å²) in [6.07, 6.45) is 0.0433. The third-order valence-electron chi connectivity index (χ3n) is 3.43. The van der Waals surface area contributed by atoms with Crippen molar-refractivity contribution < 1.29 is 17.9 Å². The van der Waals surface area contributed by atoms with Crippen molar-refractivity contribution in [2.75, 3.05) is 0 Å². The van der Waals surface area contributed by atoms with Gasteiger partial charge < -0.3 is 9.15 Å². The second kappa shape index (κ2) is 6.69. The van der Waals surface area contributed by atoms with E-state index in [4.69, 9.17) is 9.15 Å². The minimum atomic E-state index is -2.81. The average molecular weight is 332 g/mol. The lowest BCUT2D eigenvalue weighted by atomic mass is 10.1. The Morgan fingerprint density at radius 3 is 2.46 bits per heavy atom. The van der Waals surface area contributed by atoms with Gasteiger partial charge in [-0.1, -0.05) is 6.07 Å².